The Morgan fingerprint density at radius 3 is 2.33 bits per heavy atom. The third-order valence-electron chi connectivity index (χ3n) is 0.876. The Balaban J connectivity index is 3.84. The van der Waals surface area contributed by atoms with Gasteiger partial charge in [0.1, 0.15) is 0 Å². The standard InChI is InChI=1S/C9H12/c1-4-6-8-9(3)7-5-2/h4-8H,1-2H2,3H3/b6-4+,7-5+,9-8+. The van der Waals surface area contributed by atoms with Crippen molar-refractivity contribution < 1.29 is 0 Å². The maximum Gasteiger partial charge on any atom is -0.0313 e. The quantitative estimate of drug-likeness (QED) is 0.491. The maximum atomic E-state index is 3.57. The van der Waals surface area contributed by atoms with Gasteiger partial charge in [-0.1, -0.05) is 36.0 Å². The third kappa shape index (κ3) is 5.09. The Morgan fingerprint density at radius 2 is 1.89 bits per heavy atom. The minimum Gasteiger partial charge on any atom is -0.0842 e. The van der Waals surface area contributed by atoms with E-state index in [2.05, 4.69) is 13.8 Å². The van der Waals surface area contributed by atoms with Crippen molar-refractivity contribution >= 4 is 0 Å². The fraction of sp³-hybridized carbons (Fsp3) is 0.111. The molecule has 0 rings (SSSR count). The van der Waals surface area contributed by atoms with Crippen molar-refractivity contribution in [2.45, 2.75) is 6.92 Å². The number of hydrogen-bond donors (Lipinski definition) is 0. The van der Waals surface area contributed by atoms with Crippen LogP contribution in [0.15, 0.2) is 36.0 Å². The van der Waals surface area contributed by atoms with Gasteiger partial charge in [0.25, 0.3) is 0 Å². The first-order chi connectivity index (χ1) is 4.31. The fourth-order valence-corrected chi connectivity index (χ4v) is 0.461. The number of allylic oxidation sites excluding steroid dienone is 6. The van der Waals surface area contributed by atoms with E-state index in [1.807, 2.05) is 25.2 Å². The first-order valence-electron chi connectivity index (χ1n) is 2.89. The van der Waals surface area contributed by atoms with E-state index in [4.69, 9.17) is 0 Å². The molecule has 0 bridgehead atoms. The molecule has 0 heterocycles. The van der Waals surface area contributed by atoms with Crippen molar-refractivity contribution in [3.8, 4) is 0 Å². The van der Waals surface area contributed by atoms with Gasteiger partial charge in [0.15, 0.2) is 0 Å². The van der Waals surface area contributed by atoms with Crippen molar-refractivity contribution in [1.29, 1.82) is 0 Å². The molecule has 0 N–H and O–H groups in total. The summed E-state index contributed by atoms with van der Waals surface area (Å²) in [6, 6.07) is 0. The molecule has 0 nitrogen and oxygen atoms in total. The smallest absolute Gasteiger partial charge is 0.0313 e. The van der Waals surface area contributed by atoms with Crippen LogP contribution in [0.5, 0.6) is 0 Å². The highest BCUT2D eigenvalue weighted by Gasteiger charge is 1.72. The molecule has 0 aromatic rings. The van der Waals surface area contributed by atoms with E-state index in [0.717, 1.165) is 0 Å². The van der Waals surface area contributed by atoms with Gasteiger partial charge in [-0.05, 0) is 20.8 Å². The monoisotopic (exact) mass is 120 g/mol. The van der Waals surface area contributed by atoms with Crippen molar-refractivity contribution in [1.82, 2.24) is 0 Å². The Bertz CT molecular complexity index is 136. The number of hydrogen-bond acceptors (Lipinski definition) is 0. The molecule has 0 unspecified atom stereocenters. The maximum absolute atomic E-state index is 3.57. The van der Waals surface area contributed by atoms with Gasteiger partial charge in [-0.25, -0.2) is 0 Å². The molecule has 0 atom stereocenters. The molecule has 0 saturated carbocycles. The molecule has 0 heteroatoms. The van der Waals surface area contributed by atoms with Gasteiger partial charge in [0, 0.05) is 0 Å². The van der Waals surface area contributed by atoms with Gasteiger partial charge < -0.3 is 0 Å². The normalized spacial score (nSPS) is 13.9. The Hall–Kier alpha value is -0.780. The summed E-state index contributed by atoms with van der Waals surface area (Å²) in [4.78, 5) is 0. The summed E-state index contributed by atoms with van der Waals surface area (Å²) in [6.07, 6.45) is 9.34. The highest BCUT2D eigenvalue weighted by atomic mass is 13.8. The summed E-state index contributed by atoms with van der Waals surface area (Å²) in [7, 11) is 0. The lowest BCUT2D eigenvalue weighted by atomic mass is 10.2. The minimum atomic E-state index is 1.19. The van der Waals surface area contributed by atoms with E-state index in [-0.39, 0.29) is 0 Å². The SMILES string of the molecule is [CH2]/C=C/C=C(C)/C=C/[CH2]. The molecular weight excluding hydrogens is 108 g/mol. The summed E-state index contributed by atoms with van der Waals surface area (Å²) in [5.74, 6) is 0. The van der Waals surface area contributed by atoms with Gasteiger partial charge in [-0.2, -0.15) is 0 Å². The lowest BCUT2D eigenvalue weighted by Gasteiger charge is -1.83. The van der Waals surface area contributed by atoms with Crippen LogP contribution < -0.4 is 0 Å². The van der Waals surface area contributed by atoms with Crippen LogP contribution in [0.1, 0.15) is 6.92 Å². The van der Waals surface area contributed by atoms with Crippen molar-refractivity contribution in [3.63, 3.8) is 0 Å². The van der Waals surface area contributed by atoms with E-state index in [1.54, 1.807) is 12.2 Å². The Kier molecular flexibility index (Phi) is 4.89. The van der Waals surface area contributed by atoms with Crippen LogP contribution in [-0.2, 0) is 0 Å². The topological polar surface area (TPSA) is 0 Å². The van der Waals surface area contributed by atoms with Crippen LogP contribution in [0, 0.1) is 13.8 Å². The second-order valence-corrected chi connectivity index (χ2v) is 1.74. The second kappa shape index (κ2) is 5.36. The zero-order valence-corrected chi connectivity index (χ0v) is 5.80. The van der Waals surface area contributed by atoms with Gasteiger partial charge in [-0.15, -0.1) is 0 Å². The van der Waals surface area contributed by atoms with E-state index in [1.165, 1.54) is 5.57 Å². The summed E-state index contributed by atoms with van der Waals surface area (Å²) in [6.45, 7) is 9.14. The molecule has 2 radical (unpaired) electrons. The molecule has 0 aromatic heterocycles. The molecule has 0 aromatic carbocycles. The molecule has 0 amide bonds. The average Bonchev–Trinajstić information content (AvgIpc) is 1.85. The highest BCUT2D eigenvalue weighted by molar-refractivity contribution is 5.22. The first kappa shape index (κ1) is 8.22. The molecule has 0 aliphatic heterocycles. The highest BCUT2D eigenvalue weighted by Crippen LogP contribution is 1.93. The van der Waals surface area contributed by atoms with Crippen molar-refractivity contribution in [3.05, 3.63) is 49.8 Å². The predicted molar refractivity (Wildman–Crippen MR) is 42.8 cm³/mol. The summed E-state index contributed by atoms with van der Waals surface area (Å²) in [5.41, 5.74) is 1.19. The van der Waals surface area contributed by atoms with Crippen molar-refractivity contribution in [2.75, 3.05) is 0 Å². The van der Waals surface area contributed by atoms with E-state index in [0.29, 0.717) is 0 Å². The van der Waals surface area contributed by atoms with Crippen molar-refractivity contribution in [2.24, 2.45) is 0 Å². The second-order valence-electron chi connectivity index (χ2n) is 1.74. The first-order valence-corrected chi connectivity index (χ1v) is 2.89. The number of rotatable bonds is 2. The largest absolute Gasteiger partial charge is 0.0842 e. The molecule has 0 aliphatic rings. The molecule has 0 aliphatic carbocycles. The van der Waals surface area contributed by atoms with Crippen LogP contribution in [0.4, 0.5) is 0 Å². The zero-order chi connectivity index (χ0) is 7.11. The molecule has 0 spiro atoms. The lowest BCUT2D eigenvalue weighted by molar-refractivity contribution is 1.52. The molecule has 48 valence electrons. The van der Waals surface area contributed by atoms with Gasteiger partial charge in [-0.3, -0.25) is 0 Å². The van der Waals surface area contributed by atoms with E-state index in [9.17, 15) is 0 Å². The average molecular weight is 120 g/mol. The summed E-state index contributed by atoms with van der Waals surface area (Å²) in [5, 5.41) is 0. The Morgan fingerprint density at radius 1 is 1.22 bits per heavy atom. The summed E-state index contributed by atoms with van der Waals surface area (Å²) >= 11 is 0. The molecule has 9 heavy (non-hydrogen) atoms. The van der Waals surface area contributed by atoms with E-state index < -0.39 is 0 Å². The van der Waals surface area contributed by atoms with Gasteiger partial charge in [0.05, 0.1) is 0 Å². The van der Waals surface area contributed by atoms with Gasteiger partial charge in [0.2, 0.25) is 0 Å². The molecule has 0 saturated heterocycles. The van der Waals surface area contributed by atoms with Crippen LogP contribution in [0.25, 0.3) is 0 Å². The summed E-state index contributed by atoms with van der Waals surface area (Å²) < 4.78 is 0. The minimum absolute atomic E-state index is 1.19. The fourth-order valence-electron chi connectivity index (χ4n) is 0.461. The van der Waals surface area contributed by atoms with Gasteiger partial charge >= 0.3 is 0 Å². The lowest BCUT2D eigenvalue weighted by Crippen LogP contribution is -1.62. The Labute approximate surface area is 57.6 Å². The van der Waals surface area contributed by atoms with E-state index >= 15 is 0 Å². The third-order valence-corrected chi connectivity index (χ3v) is 0.876. The van der Waals surface area contributed by atoms with Crippen LogP contribution in [-0.4, -0.2) is 0 Å². The molecular formula is C9H12. The predicted octanol–water partition coefficient (Wildman–Crippen LogP) is 2.71. The van der Waals surface area contributed by atoms with Crippen LogP contribution in [0.2, 0.25) is 0 Å². The van der Waals surface area contributed by atoms with Crippen LogP contribution >= 0.6 is 0 Å². The molecule has 0 fully saturated rings. The zero-order valence-electron chi connectivity index (χ0n) is 5.80. The van der Waals surface area contributed by atoms with Crippen LogP contribution in [0.3, 0.4) is 0 Å².